The van der Waals surface area contributed by atoms with Crippen LogP contribution in [0.2, 0.25) is 0 Å². The summed E-state index contributed by atoms with van der Waals surface area (Å²) in [6.45, 7) is 0.155. The minimum atomic E-state index is -4.59. The maximum Gasteiger partial charge on any atom is 0.433 e. The lowest BCUT2D eigenvalue weighted by atomic mass is 10.2. The number of rotatable bonds is 3. The van der Waals surface area contributed by atoms with Gasteiger partial charge in [0.1, 0.15) is 5.69 Å². The molecule has 0 aliphatic rings. The van der Waals surface area contributed by atoms with Crippen molar-refractivity contribution in [2.45, 2.75) is 12.7 Å². The summed E-state index contributed by atoms with van der Waals surface area (Å²) in [5, 5.41) is 11.3. The van der Waals surface area contributed by atoms with Crippen molar-refractivity contribution in [1.82, 2.24) is 14.5 Å². The number of carbonyl (C=O) groups is 1. The molecule has 0 saturated heterocycles. The molecule has 0 aliphatic carbocycles. The van der Waals surface area contributed by atoms with Gasteiger partial charge in [-0.3, -0.25) is 4.98 Å². The minimum absolute atomic E-state index is 0.0481. The average molecular weight is 320 g/mol. The van der Waals surface area contributed by atoms with E-state index in [9.17, 15) is 23.1 Å². The van der Waals surface area contributed by atoms with Crippen LogP contribution in [0.4, 0.5) is 13.2 Å². The first kappa shape index (κ1) is 15.0. The van der Waals surface area contributed by atoms with E-state index in [-0.39, 0.29) is 23.3 Å². The van der Waals surface area contributed by atoms with Crippen molar-refractivity contribution in [3.8, 4) is 0 Å². The average Bonchev–Trinajstić information content (AvgIpc) is 2.86. The Hall–Kier alpha value is -2.90. The number of aromatic nitrogens is 3. The molecule has 3 aromatic rings. The molecule has 3 rings (SSSR count). The highest BCUT2D eigenvalue weighted by Gasteiger charge is 2.32. The number of nitrogens with zero attached hydrogens (tertiary/aromatic N) is 3. The number of hydrogen-bond donors (Lipinski definition) is 0. The third-order valence-electron chi connectivity index (χ3n) is 3.35. The summed E-state index contributed by atoms with van der Waals surface area (Å²) in [5.41, 5.74) is -0.318. The Morgan fingerprint density at radius 1 is 1.17 bits per heavy atom. The second kappa shape index (κ2) is 5.38. The van der Waals surface area contributed by atoms with Gasteiger partial charge in [-0.25, -0.2) is 4.98 Å². The molecule has 0 bridgehead atoms. The van der Waals surface area contributed by atoms with Crippen LogP contribution in [0.3, 0.4) is 0 Å². The van der Waals surface area contributed by atoms with Crippen molar-refractivity contribution in [2.24, 2.45) is 0 Å². The van der Waals surface area contributed by atoms with Gasteiger partial charge in [0.2, 0.25) is 0 Å². The zero-order valence-electron chi connectivity index (χ0n) is 11.5. The monoisotopic (exact) mass is 320 g/mol. The van der Waals surface area contributed by atoms with Crippen LogP contribution >= 0.6 is 0 Å². The highest BCUT2D eigenvalue weighted by Crippen LogP contribution is 2.30. The van der Waals surface area contributed by atoms with E-state index >= 15 is 0 Å². The molecule has 0 atom stereocenters. The first-order valence-electron chi connectivity index (χ1n) is 6.54. The van der Waals surface area contributed by atoms with E-state index in [1.165, 1.54) is 10.6 Å². The van der Waals surface area contributed by atoms with Crippen molar-refractivity contribution in [1.29, 1.82) is 0 Å². The second-order valence-electron chi connectivity index (χ2n) is 4.86. The molecule has 3 heterocycles. The molecule has 0 aliphatic heterocycles. The molecule has 5 nitrogen and oxygen atoms in total. The lowest BCUT2D eigenvalue weighted by molar-refractivity contribution is -0.255. The van der Waals surface area contributed by atoms with Gasteiger partial charge in [0.25, 0.3) is 0 Å². The van der Waals surface area contributed by atoms with E-state index in [0.717, 1.165) is 17.7 Å². The van der Waals surface area contributed by atoms with Gasteiger partial charge in [-0.05, 0) is 35.9 Å². The highest BCUT2D eigenvalue weighted by molar-refractivity contribution is 5.92. The quantitative estimate of drug-likeness (QED) is 0.738. The van der Waals surface area contributed by atoms with Crippen LogP contribution in [-0.2, 0) is 12.7 Å². The van der Waals surface area contributed by atoms with Crippen molar-refractivity contribution >= 4 is 17.0 Å². The molecule has 0 N–H and O–H groups in total. The molecule has 0 spiro atoms. The minimum Gasteiger partial charge on any atom is -0.543 e. The van der Waals surface area contributed by atoms with E-state index in [2.05, 4.69) is 9.97 Å². The number of aromatic carboxylic acids is 1. The standard InChI is InChI=1S/C15H10F3N3O2/c16-15(17,18)13-2-1-11-10(20-13)7-12(14(22)23)21(11)8-9-3-5-19-6-4-9/h1-7H,8H2,(H,22,23)/p-1. The number of carboxylic acids is 1. The molecule has 8 heteroatoms. The van der Waals surface area contributed by atoms with Gasteiger partial charge in [-0.15, -0.1) is 0 Å². The van der Waals surface area contributed by atoms with Gasteiger partial charge in [0.15, 0.2) is 0 Å². The normalized spacial score (nSPS) is 11.8. The Bertz CT molecular complexity index is 873. The molecule has 3 aromatic heterocycles. The predicted octanol–water partition coefficient (Wildman–Crippen LogP) is 1.86. The zero-order chi connectivity index (χ0) is 16.6. The van der Waals surface area contributed by atoms with Gasteiger partial charge in [0.05, 0.1) is 22.7 Å². The van der Waals surface area contributed by atoms with Gasteiger partial charge >= 0.3 is 6.18 Å². The number of pyridine rings is 2. The summed E-state index contributed by atoms with van der Waals surface area (Å²) in [5.74, 6) is -1.48. The largest absolute Gasteiger partial charge is 0.543 e. The summed E-state index contributed by atoms with van der Waals surface area (Å²) in [6, 6.07) is 6.48. The van der Waals surface area contributed by atoms with Crippen LogP contribution in [-0.4, -0.2) is 20.5 Å². The number of fused-ring (bicyclic) bond motifs is 1. The first-order chi connectivity index (χ1) is 10.9. The van der Waals surface area contributed by atoms with Crippen molar-refractivity contribution < 1.29 is 23.1 Å². The summed E-state index contributed by atoms with van der Waals surface area (Å²) in [6.07, 6.45) is -1.51. The van der Waals surface area contributed by atoms with Gasteiger partial charge in [-0.1, -0.05) is 0 Å². The number of hydrogen-bond acceptors (Lipinski definition) is 4. The van der Waals surface area contributed by atoms with E-state index in [1.807, 2.05) is 0 Å². The van der Waals surface area contributed by atoms with E-state index in [1.54, 1.807) is 24.5 Å². The number of halogens is 3. The fraction of sp³-hybridized carbons (Fsp3) is 0.133. The van der Waals surface area contributed by atoms with Crippen molar-refractivity contribution in [3.05, 3.63) is 59.7 Å². The molecule has 0 fully saturated rings. The van der Waals surface area contributed by atoms with Crippen molar-refractivity contribution in [2.75, 3.05) is 0 Å². The number of carboxylic acid groups (broad SMARTS) is 1. The summed E-state index contributed by atoms with van der Waals surface area (Å²) >= 11 is 0. The van der Waals surface area contributed by atoms with Crippen LogP contribution in [0.15, 0.2) is 42.7 Å². The molecule has 23 heavy (non-hydrogen) atoms. The van der Waals surface area contributed by atoms with Crippen LogP contribution in [0.25, 0.3) is 11.0 Å². The van der Waals surface area contributed by atoms with E-state index in [0.29, 0.717) is 0 Å². The molecule has 0 radical (unpaired) electrons. The Morgan fingerprint density at radius 3 is 2.48 bits per heavy atom. The topological polar surface area (TPSA) is 70.8 Å². The maximum atomic E-state index is 12.7. The second-order valence-corrected chi connectivity index (χ2v) is 4.86. The third kappa shape index (κ3) is 2.87. The smallest absolute Gasteiger partial charge is 0.433 e. The fourth-order valence-corrected chi connectivity index (χ4v) is 2.31. The van der Waals surface area contributed by atoms with Gasteiger partial charge in [-0.2, -0.15) is 13.2 Å². The Balaban J connectivity index is 2.15. The SMILES string of the molecule is O=C([O-])c1cc2nc(C(F)(F)F)ccc2n1Cc1ccncc1. The summed E-state index contributed by atoms with van der Waals surface area (Å²) in [7, 11) is 0. The van der Waals surface area contributed by atoms with Crippen LogP contribution < -0.4 is 5.11 Å². The molecular formula is C15H9F3N3O2-. The lowest BCUT2D eigenvalue weighted by Gasteiger charge is -2.11. The highest BCUT2D eigenvalue weighted by atomic mass is 19.4. The predicted molar refractivity (Wildman–Crippen MR) is 72.4 cm³/mol. The Kier molecular flexibility index (Phi) is 3.51. The number of carbonyl (C=O) groups excluding carboxylic acids is 1. The third-order valence-corrected chi connectivity index (χ3v) is 3.35. The molecule has 0 aromatic carbocycles. The van der Waals surface area contributed by atoms with E-state index < -0.39 is 17.8 Å². The molecule has 118 valence electrons. The van der Waals surface area contributed by atoms with Crippen LogP contribution in [0.1, 0.15) is 21.7 Å². The summed E-state index contributed by atoms with van der Waals surface area (Å²) in [4.78, 5) is 18.6. The van der Waals surface area contributed by atoms with E-state index in [4.69, 9.17) is 0 Å². The van der Waals surface area contributed by atoms with Crippen LogP contribution in [0, 0.1) is 0 Å². The lowest BCUT2D eigenvalue weighted by Crippen LogP contribution is -2.25. The summed E-state index contributed by atoms with van der Waals surface area (Å²) < 4.78 is 39.5. The fourth-order valence-electron chi connectivity index (χ4n) is 2.31. The Labute approximate surface area is 128 Å². The molecule has 0 saturated carbocycles. The van der Waals surface area contributed by atoms with Crippen LogP contribution in [0.5, 0.6) is 0 Å². The van der Waals surface area contributed by atoms with Gasteiger partial charge < -0.3 is 14.5 Å². The zero-order valence-corrected chi connectivity index (χ0v) is 11.5. The molecule has 0 unspecified atom stereocenters. The number of alkyl halides is 3. The van der Waals surface area contributed by atoms with Crippen molar-refractivity contribution in [3.63, 3.8) is 0 Å². The van der Waals surface area contributed by atoms with Gasteiger partial charge in [0, 0.05) is 18.9 Å². The molecular weight excluding hydrogens is 311 g/mol. The maximum absolute atomic E-state index is 12.7. The Morgan fingerprint density at radius 2 is 1.87 bits per heavy atom. The first-order valence-corrected chi connectivity index (χ1v) is 6.54. The molecule has 0 amide bonds.